The minimum Gasteiger partial charge on any atom is -0.462 e. The van der Waals surface area contributed by atoms with Gasteiger partial charge in [0.15, 0.2) is 0 Å². The van der Waals surface area contributed by atoms with E-state index >= 15 is 0 Å². The molecule has 6 nitrogen and oxygen atoms in total. The molecular formula is C24H21FN2O4S. The van der Waals surface area contributed by atoms with E-state index < -0.39 is 17.7 Å². The number of amides is 2. The Labute approximate surface area is 189 Å². The van der Waals surface area contributed by atoms with Gasteiger partial charge in [0.25, 0.3) is 5.91 Å². The second kappa shape index (κ2) is 11.1. The molecule has 2 N–H and O–H groups in total. The van der Waals surface area contributed by atoms with Gasteiger partial charge in [-0.05, 0) is 67.6 Å². The molecule has 0 saturated heterocycles. The van der Waals surface area contributed by atoms with E-state index in [1.807, 2.05) is 0 Å². The van der Waals surface area contributed by atoms with Crippen molar-refractivity contribution in [3.8, 4) is 0 Å². The quantitative estimate of drug-likeness (QED) is 0.372. The highest BCUT2D eigenvalue weighted by Crippen LogP contribution is 2.21. The van der Waals surface area contributed by atoms with Crippen molar-refractivity contribution in [1.82, 2.24) is 0 Å². The van der Waals surface area contributed by atoms with Gasteiger partial charge in [0.2, 0.25) is 5.91 Å². The van der Waals surface area contributed by atoms with Crippen LogP contribution in [0, 0.1) is 5.82 Å². The number of hydrogen-bond acceptors (Lipinski definition) is 5. The SMILES string of the molecule is CCOC(=O)c1ccc(NC(=O)CSc2ccc(NC(=O)c3ccccc3F)cc2)cc1. The average Bonchev–Trinajstić information content (AvgIpc) is 2.79. The summed E-state index contributed by atoms with van der Waals surface area (Å²) >= 11 is 1.33. The summed E-state index contributed by atoms with van der Waals surface area (Å²) in [7, 11) is 0. The van der Waals surface area contributed by atoms with Crippen molar-refractivity contribution in [2.24, 2.45) is 0 Å². The molecule has 0 heterocycles. The maximum absolute atomic E-state index is 13.7. The van der Waals surface area contributed by atoms with Crippen LogP contribution in [0.25, 0.3) is 0 Å². The molecule has 0 aromatic heterocycles. The van der Waals surface area contributed by atoms with Crippen LogP contribution in [0.15, 0.2) is 77.7 Å². The molecule has 2 amide bonds. The van der Waals surface area contributed by atoms with E-state index in [0.29, 0.717) is 23.5 Å². The van der Waals surface area contributed by atoms with Gasteiger partial charge in [-0.1, -0.05) is 12.1 Å². The van der Waals surface area contributed by atoms with Crippen LogP contribution in [0.5, 0.6) is 0 Å². The molecule has 0 saturated carbocycles. The Morgan fingerprint density at radius 3 is 2.16 bits per heavy atom. The maximum Gasteiger partial charge on any atom is 0.338 e. The van der Waals surface area contributed by atoms with Gasteiger partial charge in [0, 0.05) is 16.3 Å². The van der Waals surface area contributed by atoms with E-state index in [2.05, 4.69) is 10.6 Å². The van der Waals surface area contributed by atoms with E-state index in [4.69, 9.17) is 4.74 Å². The summed E-state index contributed by atoms with van der Waals surface area (Å²) in [4.78, 5) is 36.8. The summed E-state index contributed by atoms with van der Waals surface area (Å²) < 4.78 is 18.6. The first kappa shape index (κ1) is 23.0. The predicted octanol–water partition coefficient (Wildman–Crippen LogP) is 4.99. The summed E-state index contributed by atoms with van der Waals surface area (Å²) in [5.41, 5.74) is 1.49. The van der Waals surface area contributed by atoms with E-state index in [1.54, 1.807) is 61.5 Å². The van der Waals surface area contributed by atoms with Crippen LogP contribution in [-0.2, 0) is 9.53 Å². The first-order chi connectivity index (χ1) is 15.5. The van der Waals surface area contributed by atoms with Gasteiger partial charge in [-0.2, -0.15) is 0 Å². The molecule has 0 aliphatic heterocycles. The van der Waals surface area contributed by atoms with Crippen molar-refractivity contribution in [3.05, 3.63) is 89.7 Å². The van der Waals surface area contributed by atoms with Gasteiger partial charge in [0.05, 0.1) is 23.5 Å². The fraction of sp³-hybridized carbons (Fsp3) is 0.125. The molecule has 0 unspecified atom stereocenters. The first-order valence-corrected chi connectivity index (χ1v) is 10.8. The van der Waals surface area contributed by atoms with Crippen molar-refractivity contribution in [2.75, 3.05) is 23.0 Å². The Balaban J connectivity index is 1.48. The molecule has 3 aromatic rings. The molecule has 0 spiro atoms. The lowest BCUT2D eigenvalue weighted by atomic mass is 10.2. The summed E-state index contributed by atoms with van der Waals surface area (Å²) in [6, 6.07) is 19.1. The minimum atomic E-state index is -0.585. The van der Waals surface area contributed by atoms with Gasteiger partial charge >= 0.3 is 5.97 Å². The number of ether oxygens (including phenoxy) is 1. The van der Waals surface area contributed by atoms with Gasteiger partial charge < -0.3 is 15.4 Å². The van der Waals surface area contributed by atoms with Crippen LogP contribution in [0.4, 0.5) is 15.8 Å². The van der Waals surface area contributed by atoms with Crippen LogP contribution >= 0.6 is 11.8 Å². The third kappa shape index (κ3) is 6.42. The van der Waals surface area contributed by atoms with Crippen LogP contribution in [-0.4, -0.2) is 30.1 Å². The molecular weight excluding hydrogens is 431 g/mol. The van der Waals surface area contributed by atoms with Gasteiger partial charge in [-0.3, -0.25) is 9.59 Å². The van der Waals surface area contributed by atoms with E-state index in [0.717, 1.165) is 4.90 Å². The van der Waals surface area contributed by atoms with E-state index in [1.165, 1.54) is 30.0 Å². The number of thioether (sulfide) groups is 1. The third-order valence-electron chi connectivity index (χ3n) is 4.28. The van der Waals surface area contributed by atoms with Gasteiger partial charge in [-0.25, -0.2) is 9.18 Å². The Morgan fingerprint density at radius 2 is 1.50 bits per heavy atom. The number of esters is 1. The molecule has 0 aliphatic carbocycles. The molecule has 3 aromatic carbocycles. The zero-order valence-corrected chi connectivity index (χ0v) is 18.1. The summed E-state index contributed by atoms with van der Waals surface area (Å²) in [5.74, 6) is -1.54. The molecule has 3 rings (SSSR count). The van der Waals surface area contributed by atoms with E-state index in [9.17, 15) is 18.8 Å². The Hall–Kier alpha value is -3.65. The highest BCUT2D eigenvalue weighted by Gasteiger charge is 2.11. The number of hydrogen-bond donors (Lipinski definition) is 2. The average molecular weight is 453 g/mol. The summed E-state index contributed by atoms with van der Waals surface area (Å²) in [6.45, 7) is 2.03. The highest BCUT2D eigenvalue weighted by atomic mass is 32.2. The largest absolute Gasteiger partial charge is 0.462 e. The zero-order valence-electron chi connectivity index (χ0n) is 17.3. The normalized spacial score (nSPS) is 10.3. The number of anilines is 2. The second-order valence-electron chi connectivity index (χ2n) is 6.59. The van der Waals surface area contributed by atoms with Gasteiger partial charge in [0.1, 0.15) is 5.82 Å². The van der Waals surface area contributed by atoms with Crippen molar-refractivity contribution in [1.29, 1.82) is 0 Å². The standard InChI is InChI=1S/C24H21FN2O4S/c1-2-31-24(30)16-7-9-17(10-8-16)26-22(28)15-32-19-13-11-18(12-14-19)27-23(29)20-5-3-4-6-21(20)25/h3-14H,2,15H2,1H3,(H,26,28)(H,27,29). The second-order valence-corrected chi connectivity index (χ2v) is 7.64. The molecule has 0 aliphatic rings. The minimum absolute atomic E-state index is 0.0297. The number of benzene rings is 3. The molecule has 32 heavy (non-hydrogen) atoms. The van der Waals surface area contributed by atoms with Crippen molar-refractivity contribution in [2.45, 2.75) is 11.8 Å². The fourth-order valence-corrected chi connectivity index (χ4v) is 3.43. The smallest absolute Gasteiger partial charge is 0.338 e. The predicted molar refractivity (Wildman–Crippen MR) is 123 cm³/mol. The number of carbonyl (C=O) groups is 3. The molecule has 0 radical (unpaired) electrons. The van der Waals surface area contributed by atoms with Gasteiger partial charge in [-0.15, -0.1) is 11.8 Å². The highest BCUT2D eigenvalue weighted by molar-refractivity contribution is 8.00. The lowest BCUT2D eigenvalue weighted by Gasteiger charge is -2.08. The van der Waals surface area contributed by atoms with Crippen molar-refractivity contribution >= 4 is 40.9 Å². The lowest BCUT2D eigenvalue weighted by Crippen LogP contribution is -2.14. The number of rotatable bonds is 8. The van der Waals surface area contributed by atoms with Crippen LogP contribution in [0.1, 0.15) is 27.6 Å². The Morgan fingerprint density at radius 1 is 0.875 bits per heavy atom. The fourth-order valence-electron chi connectivity index (χ4n) is 2.73. The van der Waals surface area contributed by atoms with Crippen LogP contribution < -0.4 is 10.6 Å². The Kier molecular flexibility index (Phi) is 7.99. The molecule has 8 heteroatoms. The molecule has 0 bridgehead atoms. The summed E-state index contributed by atoms with van der Waals surface area (Å²) in [6.07, 6.45) is 0. The topological polar surface area (TPSA) is 84.5 Å². The van der Waals surface area contributed by atoms with E-state index in [-0.39, 0.29) is 17.2 Å². The van der Waals surface area contributed by atoms with Crippen molar-refractivity contribution in [3.63, 3.8) is 0 Å². The molecule has 0 atom stereocenters. The number of halogens is 1. The maximum atomic E-state index is 13.7. The summed E-state index contributed by atoms with van der Waals surface area (Å²) in [5, 5.41) is 5.41. The van der Waals surface area contributed by atoms with Crippen LogP contribution in [0.3, 0.4) is 0 Å². The number of carbonyl (C=O) groups excluding carboxylic acids is 3. The van der Waals surface area contributed by atoms with Crippen molar-refractivity contribution < 1.29 is 23.5 Å². The Bertz CT molecular complexity index is 1100. The molecule has 0 fully saturated rings. The molecule has 164 valence electrons. The lowest BCUT2D eigenvalue weighted by molar-refractivity contribution is -0.113. The third-order valence-corrected chi connectivity index (χ3v) is 5.29. The van der Waals surface area contributed by atoms with Crippen LogP contribution in [0.2, 0.25) is 0 Å². The zero-order chi connectivity index (χ0) is 22.9. The monoisotopic (exact) mass is 452 g/mol. The number of nitrogens with one attached hydrogen (secondary N) is 2. The first-order valence-electron chi connectivity index (χ1n) is 9.82.